The molecule has 2 aromatic heterocycles. The number of cyclic esters (lactones) is 1. The van der Waals surface area contributed by atoms with Gasteiger partial charge in [-0.1, -0.05) is 0 Å². The zero-order valence-corrected chi connectivity index (χ0v) is 18.4. The van der Waals surface area contributed by atoms with E-state index in [9.17, 15) is 9.59 Å². The van der Waals surface area contributed by atoms with Gasteiger partial charge in [0.15, 0.2) is 11.5 Å². The highest BCUT2D eigenvalue weighted by Crippen LogP contribution is 2.35. The highest BCUT2D eigenvalue weighted by atomic mass is 16.6. The first-order valence-corrected chi connectivity index (χ1v) is 10.7. The molecule has 1 atom stereocenters. The number of methoxy groups -OCH3 is 1. The van der Waals surface area contributed by atoms with Gasteiger partial charge in [-0.15, -0.1) is 0 Å². The number of carbonyl (C=O) groups is 2. The fraction of sp³-hybridized carbons (Fsp3) is 0.250. The Morgan fingerprint density at radius 1 is 1.21 bits per heavy atom. The number of hydrogen-bond donors (Lipinski definition) is 1. The molecule has 2 amide bonds. The van der Waals surface area contributed by atoms with E-state index in [4.69, 9.17) is 24.7 Å². The zero-order chi connectivity index (χ0) is 23.7. The number of benzene rings is 1. The minimum Gasteiger partial charge on any atom is -0.486 e. The summed E-state index contributed by atoms with van der Waals surface area (Å²) in [5.74, 6) is 1.02. The highest BCUT2D eigenvalue weighted by Gasteiger charge is 2.34. The minimum absolute atomic E-state index is 0.149. The molecular weight excluding hydrogens is 440 g/mol. The first-order chi connectivity index (χ1) is 16.5. The van der Waals surface area contributed by atoms with Gasteiger partial charge in [0.2, 0.25) is 11.8 Å². The van der Waals surface area contributed by atoms with E-state index in [1.807, 2.05) is 0 Å². The molecule has 0 unspecified atom stereocenters. The molecule has 10 nitrogen and oxygen atoms in total. The Balaban J connectivity index is 1.39. The molecule has 0 bridgehead atoms. The van der Waals surface area contributed by atoms with Crippen molar-refractivity contribution in [2.24, 2.45) is 5.73 Å². The van der Waals surface area contributed by atoms with E-state index in [2.05, 4.69) is 9.97 Å². The number of fused-ring (bicyclic) bond motifs is 2. The van der Waals surface area contributed by atoms with Gasteiger partial charge in [0.25, 0.3) is 0 Å². The third kappa shape index (κ3) is 4.17. The summed E-state index contributed by atoms with van der Waals surface area (Å²) < 4.78 is 21.9. The summed E-state index contributed by atoms with van der Waals surface area (Å²) in [7, 11) is 1.52. The summed E-state index contributed by atoms with van der Waals surface area (Å²) >= 11 is 0. The Bertz CT molecular complexity index is 1310. The van der Waals surface area contributed by atoms with Crippen molar-refractivity contribution >= 4 is 34.8 Å². The van der Waals surface area contributed by atoms with Crippen LogP contribution in [-0.2, 0) is 9.53 Å². The van der Waals surface area contributed by atoms with Gasteiger partial charge in [-0.25, -0.2) is 9.78 Å². The maximum absolute atomic E-state index is 12.6. The molecule has 174 valence electrons. The second kappa shape index (κ2) is 8.89. The molecule has 1 aromatic carbocycles. The lowest BCUT2D eigenvalue weighted by Crippen LogP contribution is -2.26. The summed E-state index contributed by atoms with van der Waals surface area (Å²) in [5, 5.41) is 0. The Hall–Kier alpha value is -4.34. The molecule has 34 heavy (non-hydrogen) atoms. The maximum atomic E-state index is 12.6. The van der Waals surface area contributed by atoms with Crippen molar-refractivity contribution in [3.8, 4) is 17.4 Å². The van der Waals surface area contributed by atoms with Crippen molar-refractivity contribution < 1.29 is 28.5 Å². The smallest absolute Gasteiger partial charge is 0.414 e. The summed E-state index contributed by atoms with van der Waals surface area (Å²) in [6.45, 7) is 1.18. The predicted octanol–water partition coefficient (Wildman–Crippen LogP) is 2.69. The van der Waals surface area contributed by atoms with E-state index in [1.54, 1.807) is 48.7 Å². The number of anilines is 1. The van der Waals surface area contributed by atoms with Crippen LogP contribution >= 0.6 is 0 Å². The molecule has 1 fully saturated rings. The molecule has 3 aromatic rings. The van der Waals surface area contributed by atoms with Gasteiger partial charge < -0.3 is 24.7 Å². The van der Waals surface area contributed by atoms with Crippen LogP contribution in [0.4, 0.5) is 10.5 Å². The number of ether oxygens (including phenoxy) is 4. The quantitative estimate of drug-likeness (QED) is 0.554. The fourth-order valence-electron chi connectivity index (χ4n) is 3.96. The molecule has 5 rings (SSSR count). The van der Waals surface area contributed by atoms with Gasteiger partial charge in [0.05, 0.1) is 30.4 Å². The first-order valence-electron chi connectivity index (χ1n) is 10.7. The van der Waals surface area contributed by atoms with Crippen LogP contribution in [0.2, 0.25) is 0 Å². The molecule has 10 heteroatoms. The lowest BCUT2D eigenvalue weighted by molar-refractivity contribution is -0.114. The molecule has 2 aliphatic heterocycles. The average molecular weight is 462 g/mol. The van der Waals surface area contributed by atoms with Crippen LogP contribution in [0.15, 0.2) is 48.2 Å². The molecule has 2 N–H and O–H groups in total. The Morgan fingerprint density at radius 3 is 2.82 bits per heavy atom. The number of rotatable bonds is 6. The fourth-order valence-corrected chi connectivity index (χ4v) is 3.96. The molecule has 0 aliphatic carbocycles. The third-order valence-corrected chi connectivity index (χ3v) is 5.60. The first kappa shape index (κ1) is 21.5. The number of nitrogens with zero attached hydrogens (tertiary/aromatic N) is 3. The van der Waals surface area contributed by atoms with E-state index >= 15 is 0 Å². The number of carbonyl (C=O) groups excluding carboxylic acids is 2. The molecular formula is C24H22N4O6. The summed E-state index contributed by atoms with van der Waals surface area (Å²) in [5.41, 5.74) is 8.47. The van der Waals surface area contributed by atoms with E-state index in [-0.39, 0.29) is 13.0 Å². The van der Waals surface area contributed by atoms with Gasteiger partial charge in [-0.3, -0.25) is 14.7 Å². The minimum atomic E-state index is -0.610. The van der Waals surface area contributed by atoms with Crippen LogP contribution in [0, 0.1) is 0 Å². The standard InChI is InChI=1S/C24H22N4O6/c1-31-21-5-3-18-22(27-21)14(6-7-26-18)10-15(23(25)29)11-17-13-28(24(30)34-17)16-2-4-19-20(12-16)33-9-8-32-19/h2-7,10,12,17H,8-9,11,13H2,1H3,(H2,25,29)/b15-10+/t17-/m0/s1. The van der Waals surface area contributed by atoms with Gasteiger partial charge in [0.1, 0.15) is 19.3 Å². The second-order valence-electron chi connectivity index (χ2n) is 7.80. The zero-order valence-electron chi connectivity index (χ0n) is 18.4. The van der Waals surface area contributed by atoms with E-state index in [0.717, 1.165) is 0 Å². The Morgan fingerprint density at radius 2 is 2.03 bits per heavy atom. The van der Waals surface area contributed by atoms with Crippen LogP contribution in [0.1, 0.15) is 12.0 Å². The van der Waals surface area contributed by atoms with Crippen LogP contribution in [-0.4, -0.2) is 54.9 Å². The van der Waals surface area contributed by atoms with E-state index < -0.39 is 18.1 Å². The predicted molar refractivity (Wildman–Crippen MR) is 123 cm³/mol. The number of amides is 2. The van der Waals surface area contributed by atoms with Crippen molar-refractivity contribution in [3.63, 3.8) is 0 Å². The molecule has 4 heterocycles. The summed E-state index contributed by atoms with van der Waals surface area (Å²) in [6, 6.07) is 10.5. The van der Waals surface area contributed by atoms with Crippen molar-refractivity contribution in [1.29, 1.82) is 0 Å². The molecule has 1 saturated heterocycles. The van der Waals surface area contributed by atoms with Crippen LogP contribution in [0.25, 0.3) is 17.1 Å². The average Bonchev–Trinajstić information content (AvgIpc) is 3.23. The van der Waals surface area contributed by atoms with Crippen LogP contribution in [0.5, 0.6) is 17.4 Å². The molecule has 2 aliphatic rings. The second-order valence-corrected chi connectivity index (χ2v) is 7.80. The number of pyridine rings is 2. The van der Waals surface area contributed by atoms with Gasteiger partial charge in [0, 0.05) is 35.9 Å². The van der Waals surface area contributed by atoms with E-state index in [0.29, 0.717) is 58.5 Å². The summed E-state index contributed by atoms with van der Waals surface area (Å²) in [4.78, 5) is 35.1. The maximum Gasteiger partial charge on any atom is 0.414 e. The number of aromatic nitrogens is 2. The molecule has 0 saturated carbocycles. The number of hydrogen-bond acceptors (Lipinski definition) is 8. The lowest BCUT2D eigenvalue weighted by Gasteiger charge is -2.21. The van der Waals surface area contributed by atoms with Gasteiger partial charge in [-0.2, -0.15) is 0 Å². The van der Waals surface area contributed by atoms with Crippen molar-refractivity contribution in [1.82, 2.24) is 9.97 Å². The SMILES string of the molecule is COc1ccc2nccc(/C=C(\C[C@H]3CN(c4ccc5c(c4)OCCO5)C(=O)O3)C(N)=O)c2n1. The lowest BCUT2D eigenvalue weighted by atomic mass is 10.0. The van der Waals surface area contributed by atoms with Gasteiger partial charge in [-0.05, 0) is 30.3 Å². The van der Waals surface area contributed by atoms with Crippen molar-refractivity contribution in [3.05, 3.63) is 53.7 Å². The third-order valence-electron chi connectivity index (χ3n) is 5.60. The van der Waals surface area contributed by atoms with Crippen molar-refractivity contribution in [2.75, 3.05) is 31.8 Å². The summed E-state index contributed by atoms with van der Waals surface area (Å²) in [6.07, 6.45) is 2.36. The van der Waals surface area contributed by atoms with Crippen LogP contribution < -0.4 is 24.8 Å². The molecule has 0 radical (unpaired) electrons. The molecule has 0 spiro atoms. The largest absolute Gasteiger partial charge is 0.486 e. The Kier molecular flexibility index (Phi) is 5.62. The van der Waals surface area contributed by atoms with E-state index in [1.165, 1.54) is 12.0 Å². The normalized spacial score (nSPS) is 17.6. The monoisotopic (exact) mass is 462 g/mol. The highest BCUT2D eigenvalue weighted by molar-refractivity contribution is 5.99. The topological polar surface area (TPSA) is 126 Å². The van der Waals surface area contributed by atoms with Crippen LogP contribution in [0.3, 0.4) is 0 Å². The number of primary amides is 1. The number of nitrogens with two attached hydrogens (primary N) is 1. The van der Waals surface area contributed by atoms with Crippen molar-refractivity contribution in [2.45, 2.75) is 12.5 Å². The van der Waals surface area contributed by atoms with Gasteiger partial charge >= 0.3 is 6.09 Å². The Labute approximate surface area is 194 Å².